The average Bonchev–Trinajstić information content (AvgIpc) is 3.24. The number of carbonyl (C=O) groups excluding carboxylic acids is 1. The number of anilines is 1. The van der Waals surface area contributed by atoms with E-state index in [1.807, 2.05) is 20.3 Å². The maximum atomic E-state index is 12.7. The van der Waals surface area contributed by atoms with E-state index in [0.717, 1.165) is 69.2 Å². The summed E-state index contributed by atoms with van der Waals surface area (Å²) in [5.41, 5.74) is 0.795. The maximum Gasteiger partial charge on any atom is 0.230 e. The number of nitrogens with one attached hydrogen (secondary N) is 2. The molecule has 2 N–H and O–H groups in total. The lowest BCUT2D eigenvalue weighted by Gasteiger charge is -2.33. The number of amides is 1. The molecule has 30 heavy (non-hydrogen) atoms. The summed E-state index contributed by atoms with van der Waals surface area (Å²) in [7, 11) is 7.60. The number of nitrogens with zero attached hydrogens (tertiary/aromatic N) is 5. The number of carbonyl (C=O) groups is 1. The first-order valence-electron chi connectivity index (χ1n) is 11.0. The molecular weight excluding hydrogens is 378 g/mol. The van der Waals surface area contributed by atoms with Gasteiger partial charge in [-0.25, -0.2) is 4.98 Å². The highest BCUT2D eigenvalue weighted by atomic mass is 16.2. The van der Waals surface area contributed by atoms with Crippen LogP contribution in [0.5, 0.6) is 0 Å². The fraction of sp³-hybridized carbons (Fsp3) is 0.682. The molecule has 2 fully saturated rings. The highest BCUT2D eigenvalue weighted by Gasteiger charge is 2.42. The Kier molecular flexibility index (Phi) is 7.53. The SMILES string of the molecule is CN=C(NCc1ccc(N2CCN(C)CC2)nc1)NCC1(C(=O)N(C)C)CCCC1. The summed E-state index contributed by atoms with van der Waals surface area (Å²) in [5.74, 6) is 1.97. The second-order valence-electron chi connectivity index (χ2n) is 8.78. The van der Waals surface area contributed by atoms with Gasteiger partial charge in [0.1, 0.15) is 5.82 Å². The van der Waals surface area contributed by atoms with E-state index in [1.54, 1.807) is 11.9 Å². The standard InChI is InChI=1S/C22H37N7O/c1-23-21(26-17-22(9-5-6-10-22)20(30)27(2)3)25-16-18-7-8-19(24-15-18)29-13-11-28(4)12-14-29/h7-8,15H,5-6,9-14,16-17H2,1-4H3,(H2,23,25,26). The Morgan fingerprint density at radius 3 is 2.43 bits per heavy atom. The third-order valence-electron chi connectivity index (χ3n) is 6.33. The molecule has 0 atom stereocenters. The van der Waals surface area contributed by atoms with E-state index in [2.05, 4.69) is 49.6 Å². The monoisotopic (exact) mass is 415 g/mol. The fourth-order valence-corrected chi connectivity index (χ4v) is 4.40. The quantitative estimate of drug-likeness (QED) is 0.536. The zero-order valence-electron chi connectivity index (χ0n) is 18.9. The first kappa shape index (κ1) is 22.3. The van der Waals surface area contributed by atoms with Crippen LogP contribution < -0.4 is 15.5 Å². The number of hydrogen-bond donors (Lipinski definition) is 2. The first-order valence-corrected chi connectivity index (χ1v) is 11.0. The van der Waals surface area contributed by atoms with Gasteiger partial charge in [-0.05, 0) is 31.5 Å². The number of aromatic nitrogens is 1. The Balaban J connectivity index is 1.51. The molecular formula is C22H37N7O. The third kappa shape index (κ3) is 5.41. The summed E-state index contributed by atoms with van der Waals surface area (Å²) >= 11 is 0. The van der Waals surface area contributed by atoms with Gasteiger partial charge < -0.3 is 25.3 Å². The van der Waals surface area contributed by atoms with Crippen LogP contribution >= 0.6 is 0 Å². The Labute approximate surface area is 180 Å². The van der Waals surface area contributed by atoms with Gasteiger partial charge in [-0.2, -0.15) is 0 Å². The van der Waals surface area contributed by atoms with E-state index < -0.39 is 0 Å². The van der Waals surface area contributed by atoms with Gasteiger partial charge >= 0.3 is 0 Å². The zero-order valence-corrected chi connectivity index (χ0v) is 18.9. The zero-order chi connectivity index (χ0) is 21.6. The van der Waals surface area contributed by atoms with Gasteiger partial charge in [0.15, 0.2) is 5.96 Å². The van der Waals surface area contributed by atoms with Crippen LogP contribution in [0.1, 0.15) is 31.2 Å². The van der Waals surface area contributed by atoms with Crippen LogP contribution in [0.25, 0.3) is 0 Å². The molecule has 8 nitrogen and oxygen atoms in total. The van der Waals surface area contributed by atoms with E-state index in [4.69, 9.17) is 0 Å². The van der Waals surface area contributed by atoms with Crippen LogP contribution in [0.4, 0.5) is 5.82 Å². The van der Waals surface area contributed by atoms with Crippen LogP contribution in [-0.4, -0.2) is 87.6 Å². The predicted molar refractivity (Wildman–Crippen MR) is 122 cm³/mol. The van der Waals surface area contributed by atoms with E-state index in [-0.39, 0.29) is 11.3 Å². The molecule has 2 aliphatic rings. The second-order valence-corrected chi connectivity index (χ2v) is 8.78. The minimum atomic E-state index is -0.313. The van der Waals surface area contributed by atoms with E-state index in [9.17, 15) is 4.79 Å². The smallest absolute Gasteiger partial charge is 0.230 e. The summed E-state index contributed by atoms with van der Waals surface area (Å²) in [6, 6.07) is 4.22. The third-order valence-corrected chi connectivity index (χ3v) is 6.33. The van der Waals surface area contributed by atoms with Crippen LogP contribution in [0.2, 0.25) is 0 Å². The number of aliphatic imine (C=N–C) groups is 1. The van der Waals surface area contributed by atoms with Crippen molar-refractivity contribution in [3.63, 3.8) is 0 Å². The molecule has 0 aromatic carbocycles. The predicted octanol–water partition coefficient (Wildman–Crippen LogP) is 1.15. The van der Waals surface area contributed by atoms with E-state index in [0.29, 0.717) is 13.1 Å². The molecule has 0 unspecified atom stereocenters. The Morgan fingerprint density at radius 1 is 1.17 bits per heavy atom. The number of hydrogen-bond acceptors (Lipinski definition) is 5. The van der Waals surface area contributed by atoms with Crippen molar-refractivity contribution >= 4 is 17.7 Å². The van der Waals surface area contributed by atoms with E-state index >= 15 is 0 Å². The van der Waals surface area contributed by atoms with Gasteiger partial charge in [0, 0.05) is 66.6 Å². The minimum Gasteiger partial charge on any atom is -0.355 e. The average molecular weight is 416 g/mol. The van der Waals surface area contributed by atoms with Crippen molar-refractivity contribution in [3.8, 4) is 0 Å². The maximum absolute atomic E-state index is 12.7. The van der Waals surface area contributed by atoms with Gasteiger partial charge in [-0.1, -0.05) is 18.9 Å². The molecule has 1 saturated heterocycles. The summed E-state index contributed by atoms with van der Waals surface area (Å²) in [6.45, 7) is 5.44. The molecule has 0 spiro atoms. The molecule has 1 aliphatic carbocycles. The van der Waals surface area contributed by atoms with Crippen LogP contribution in [0.3, 0.4) is 0 Å². The summed E-state index contributed by atoms with van der Waals surface area (Å²) in [5, 5.41) is 6.74. The molecule has 2 heterocycles. The van der Waals surface area contributed by atoms with Gasteiger partial charge in [-0.3, -0.25) is 9.79 Å². The van der Waals surface area contributed by atoms with Crippen LogP contribution in [-0.2, 0) is 11.3 Å². The second kappa shape index (κ2) is 10.1. The molecule has 1 aromatic heterocycles. The highest BCUT2D eigenvalue weighted by Crippen LogP contribution is 2.38. The molecule has 0 bridgehead atoms. The normalized spacial score (nSPS) is 19.6. The topological polar surface area (TPSA) is 76.1 Å². The summed E-state index contributed by atoms with van der Waals surface area (Å²) in [6.07, 6.45) is 6.02. The Hall–Kier alpha value is -2.35. The van der Waals surface area contributed by atoms with Crippen LogP contribution in [0, 0.1) is 5.41 Å². The van der Waals surface area contributed by atoms with Crippen molar-refractivity contribution in [2.75, 3.05) is 65.8 Å². The molecule has 1 saturated carbocycles. The Morgan fingerprint density at radius 2 is 1.87 bits per heavy atom. The number of likely N-dealkylation sites (N-methyl/N-ethyl adjacent to an activating group) is 1. The molecule has 1 amide bonds. The number of pyridine rings is 1. The number of rotatable bonds is 6. The van der Waals surface area contributed by atoms with Gasteiger partial charge in [-0.15, -0.1) is 0 Å². The molecule has 3 rings (SSSR count). The lowest BCUT2D eigenvalue weighted by atomic mass is 9.84. The van der Waals surface area contributed by atoms with Gasteiger partial charge in [0.05, 0.1) is 5.41 Å². The van der Waals surface area contributed by atoms with E-state index in [1.165, 1.54) is 0 Å². The lowest BCUT2D eigenvalue weighted by molar-refractivity contribution is -0.138. The fourth-order valence-electron chi connectivity index (χ4n) is 4.40. The molecule has 8 heteroatoms. The van der Waals surface area contributed by atoms with Gasteiger partial charge in [0.2, 0.25) is 5.91 Å². The van der Waals surface area contributed by atoms with Crippen molar-refractivity contribution in [2.45, 2.75) is 32.2 Å². The first-order chi connectivity index (χ1) is 14.4. The Bertz CT molecular complexity index is 718. The lowest BCUT2D eigenvalue weighted by Crippen LogP contribution is -2.49. The number of guanidine groups is 1. The largest absolute Gasteiger partial charge is 0.355 e. The molecule has 1 aromatic rings. The van der Waals surface area contributed by atoms with Gasteiger partial charge in [0.25, 0.3) is 0 Å². The van der Waals surface area contributed by atoms with Crippen molar-refractivity contribution in [1.29, 1.82) is 0 Å². The van der Waals surface area contributed by atoms with Crippen molar-refractivity contribution < 1.29 is 4.79 Å². The van der Waals surface area contributed by atoms with Crippen LogP contribution in [0.15, 0.2) is 23.3 Å². The summed E-state index contributed by atoms with van der Waals surface area (Å²) in [4.78, 5) is 28.1. The van der Waals surface area contributed by atoms with Crippen molar-refractivity contribution in [1.82, 2.24) is 25.4 Å². The molecule has 0 radical (unpaired) electrons. The number of piperazine rings is 1. The molecule has 1 aliphatic heterocycles. The highest BCUT2D eigenvalue weighted by molar-refractivity contribution is 5.85. The minimum absolute atomic E-state index is 0.214. The summed E-state index contributed by atoms with van der Waals surface area (Å²) < 4.78 is 0. The van der Waals surface area contributed by atoms with Crippen molar-refractivity contribution in [2.24, 2.45) is 10.4 Å². The van der Waals surface area contributed by atoms with Crippen molar-refractivity contribution in [3.05, 3.63) is 23.9 Å². The molecule has 166 valence electrons.